The molecule has 0 aliphatic carbocycles. The van der Waals surface area contributed by atoms with Crippen molar-refractivity contribution in [2.45, 2.75) is 31.7 Å². The van der Waals surface area contributed by atoms with Crippen LogP contribution in [0.3, 0.4) is 0 Å². The molecule has 28 heavy (non-hydrogen) atoms. The first-order chi connectivity index (χ1) is 13.4. The minimum absolute atomic E-state index is 0.125. The highest BCUT2D eigenvalue weighted by molar-refractivity contribution is 7.92. The Morgan fingerprint density at radius 2 is 1.86 bits per heavy atom. The van der Waals surface area contributed by atoms with Gasteiger partial charge in [-0.25, -0.2) is 18.1 Å². The molecule has 0 spiro atoms. The summed E-state index contributed by atoms with van der Waals surface area (Å²) in [4.78, 5) is 4.85. The van der Waals surface area contributed by atoms with Crippen LogP contribution in [0.1, 0.15) is 18.9 Å². The number of rotatable bonds is 5. The molecule has 0 aliphatic heterocycles. The van der Waals surface area contributed by atoms with E-state index in [9.17, 15) is 8.42 Å². The fourth-order valence-corrected chi connectivity index (χ4v) is 4.27. The van der Waals surface area contributed by atoms with Crippen molar-refractivity contribution in [2.24, 2.45) is 0 Å². The van der Waals surface area contributed by atoms with E-state index in [0.29, 0.717) is 22.6 Å². The van der Waals surface area contributed by atoms with Crippen molar-refractivity contribution in [3.05, 3.63) is 59.1 Å². The Morgan fingerprint density at radius 3 is 2.57 bits per heavy atom. The Bertz CT molecular complexity index is 1280. The summed E-state index contributed by atoms with van der Waals surface area (Å²) in [6.45, 7) is 4.69. The van der Waals surface area contributed by atoms with Crippen molar-refractivity contribution >= 4 is 49.4 Å². The lowest BCUT2D eigenvalue weighted by Gasteiger charge is -2.06. The molecule has 2 aromatic carbocycles. The third-order valence-corrected chi connectivity index (χ3v) is 6.07. The van der Waals surface area contributed by atoms with Crippen LogP contribution in [0.25, 0.3) is 21.9 Å². The summed E-state index contributed by atoms with van der Waals surface area (Å²) in [6, 6.07) is 13.9. The van der Waals surface area contributed by atoms with E-state index in [-0.39, 0.29) is 10.7 Å². The molecule has 0 amide bonds. The number of pyridine rings is 1. The molecule has 144 valence electrons. The van der Waals surface area contributed by atoms with Gasteiger partial charge in [0.05, 0.1) is 15.8 Å². The molecule has 8 heteroatoms. The van der Waals surface area contributed by atoms with Crippen molar-refractivity contribution in [1.29, 1.82) is 0 Å². The van der Waals surface area contributed by atoms with Gasteiger partial charge < -0.3 is 0 Å². The van der Waals surface area contributed by atoms with Gasteiger partial charge in [-0.3, -0.25) is 4.72 Å². The number of fused-ring (bicyclic) bond motifs is 2. The van der Waals surface area contributed by atoms with E-state index >= 15 is 0 Å². The third kappa shape index (κ3) is 3.43. The van der Waals surface area contributed by atoms with Crippen LogP contribution < -0.4 is 4.72 Å². The molecule has 0 saturated heterocycles. The van der Waals surface area contributed by atoms with E-state index in [0.717, 1.165) is 22.9 Å². The zero-order valence-electron chi connectivity index (χ0n) is 15.5. The molecule has 2 heterocycles. The maximum Gasteiger partial charge on any atom is 0.263 e. The molecule has 0 atom stereocenters. The van der Waals surface area contributed by atoms with E-state index in [1.54, 1.807) is 16.8 Å². The molecule has 2 aromatic heterocycles. The number of anilines is 1. The average Bonchev–Trinajstić information content (AvgIpc) is 2.96. The van der Waals surface area contributed by atoms with E-state index in [1.165, 1.54) is 12.1 Å². The second kappa shape index (κ2) is 7.07. The lowest BCUT2D eigenvalue weighted by atomic mass is 10.1. The lowest BCUT2D eigenvalue weighted by Crippen LogP contribution is -2.13. The standard InChI is InChI=1S/C20H19ClN4O2S/c1-3-10-25-20-17(12-14-11-13(2)4-9-18(14)22-20)19(23-25)24-28(26,27)16-7-5-15(21)6-8-16/h4-9,11-12H,3,10H2,1-2H3,(H,23,24). The molecule has 4 rings (SSSR count). The van der Waals surface area contributed by atoms with Crippen LogP contribution in [0.4, 0.5) is 5.82 Å². The fourth-order valence-electron chi connectivity index (χ4n) is 3.12. The SMILES string of the molecule is CCCn1nc(NS(=O)(=O)c2ccc(Cl)cc2)c2cc3cc(C)ccc3nc21. The van der Waals surface area contributed by atoms with Gasteiger partial charge in [0.25, 0.3) is 10.0 Å². The largest absolute Gasteiger partial charge is 0.263 e. The van der Waals surface area contributed by atoms with Crippen LogP contribution in [0.2, 0.25) is 5.02 Å². The number of hydrogen-bond acceptors (Lipinski definition) is 4. The topological polar surface area (TPSA) is 76.9 Å². The van der Waals surface area contributed by atoms with Gasteiger partial charge >= 0.3 is 0 Å². The zero-order valence-corrected chi connectivity index (χ0v) is 17.0. The highest BCUT2D eigenvalue weighted by Crippen LogP contribution is 2.28. The highest BCUT2D eigenvalue weighted by Gasteiger charge is 2.20. The normalized spacial score (nSPS) is 12.0. The van der Waals surface area contributed by atoms with Crippen molar-refractivity contribution < 1.29 is 8.42 Å². The van der Waals surface area contributed by atoms with Gasteiger partial charge in [-0.05, 0) is 55.8 Å². The molecule has 0 unspecified atom stereocenters. The summed E-state index contributed by atoms with van der Waals surface area (Å²) in [5, 5.41) is 6.58. The molecule has 0 saturated carbocycles. The maximum atomic E-state index is 12.8. The predicted molar refractivity (Wildman–Crippen MR) is 112 cm³/mol. The zero-order chi connectivity index (χ0) is 19.9. The Hall–Kier alpha value is -2.64. The van der Waals surface area contributed by atoms with Gasteiger partial charge in [-0.1, -0.05) is 30.2 Å². The summed E-state index contributed by atoms with van der Waals surface area (Å²) >= 11 is 5.87. The molecule has 4 aromatic rings. The first kappa shape index (κ1) is 18.7. The fraction of sp³-hybridized carbons (Fsp3) is 0.200. The molecule has 0 fully saturated rings. The molecular formula is C20H19ClN4O2S. The summed E-state index contributed by atoms with van der Waals surface area (Å²) in [7, 11) is -3.80. The number of benzene rings is 2. The smallest absolute Gasteiger partial charge is 0.261 e. The van der Waals surface area contributed by atoms with Gasteiger partial charge in [0, 0.05) is 17.0 Å². The minimum Gasteiger partial charge on any atom is -0.261 e. The maximum absolute atomic E-state index is 12.8. The minimum atomic E-state index is -3.80. The summed E-state index contributed by atoms with van der Waals surface area (Å²) < 4.78 is 30.0. The predicted octanol–water partition coefficient (Wildman–Crippen LogP) is 4.76. The van der Waals surface area contributed by atoms with Crippen molar-refractivity contribution in [1.82, 2.24) is 14.8 Å². The molecule has 1 N–H and O–H groups in total. The number of nitrogens with one attached hydrogen (secondary N) is 1. The second-order valence-corrected chi connectivity index (χ2v) is 8.81. The van der Waals surface area contributed by atoms with E-state index in [2.05, 4.69) is 9.82 Å². The number of sulfonamides is 1. The van der Waals surface area contributed by atoms with Crippen LogP contribution >= 0.6 is 11.6 Å². The summed E-state index contributed by atoms with van der Waals surface area (Å²) in [5.41, 5.74) is 2.62. The van der Waals surface area contributed by atoms with Crippen LogP contribution in [0.15, 0.2) is 53.4 Å². The Labute approximate surface area is 168 Å². The number of hydrogen-bond donors (Lipinski definition) is 1. The quantitative estimate of drug-likeness (QED) is 0.510. The average molecular weight is 415 g/mol. The van der Waals surface area contributed by atoms with Crippen LogP contribution in [0, 0.1) is 6.92 Å². The Kier molecular flexibility index (Phi) is 4.72. The third-order valence-electron chi connectivity index (χ3n) is 4.46. The first-order valence-electron chi connectivity index (χ1n) is 8.94. The van der Waals surface area contributed by atoms with Crippen LogP contribution in [0.5, 0.6) is 0 Å². The van der Waals surface area contributed by atoms with E-state index < -0.39 is 10.0 Å². The van der Waals surface area contributed by atoms with Gasteiger partial charge in [-0.15, -0.1) is 0 Å². The number of aromatic nitrogens is 3. The monoisotopic (exact) mass is 414 g/mol. The molecule has 0 radical (unpaired) electrons. The van der Waals surface area contributed by atoms with E-state index in [4.69, 9.17) is 16.6 Å². The first-order valence-corrected chi connectivity index (χ1v) is 10.8. The van der Waals surface area contributed by atoms with E-state index in [1.807, 2.05) is 38.1 Å². The van der Waals surface area contributed by atoms with Gasteiger partial charge in [0.2, 0.25) is 0 Å². The van der Waals surface area contributed by atoms with Crippen molar-refractivity contribution in [3.63, 3.8) is 0 Å². The van der Waals surface area contributed by atoms with Crippen LogP contribution in [-0.4, -0.2) is 23.2 Å². The summed E-state index contributed by atoms with van der Waals surface area (Å²) in [5.74, 6) is 0.273. The van der Waals surface area contributed by atoms with Crippen molar-refractivity contribution in [3.8, 4) is 0 Å². The molecule has 0 aliphatic rings. The molecule has 6 nitrogen and oxygen atoms in total. The summed E-state index contributed by atoms with van der Waals surface area (Å²) in [6.07, 6.45) is 0.855. The number of aryl methyl sites for hydroxylation is 2. The van der Waals surface area contributed by atoms with Gasteiger partial charge in [0.15, 0.2) is 11.5 Å². The van der Waals surface area contributed by atoms with Gasteiger partial charge in [-0.2, -0.15) is 5.10 Å². The van der Waals surface area contributed by atoms with Crippen LogP contribution in [-0.2, 0) is 16.6 Å². The number of halogens is 1. The second-order valence-electron chi connectivity index (χ2n) is 6.69. The number of nitrogens with zero attached hydrogens (tertiary/aromatic N) is 3. The lowest BCUT2D eigenvalue weighted by molar-refractivity contribution is 0.599. The van der Waals surface area contributed by atoms with Crippen molar-refractivity contribution in [2.75, 3.05) is 4.72 Å². The molecular weight excluding hydrogens is 396 g/mol. The Morgan fingerprint density at radius 1 is 1.11 bits per heavy atom. The Balaban J connectivity index is 1.86. The van der Waals surface area contributed by atoms with Gasteiger partial charge in [0.1, 0.15) is 0 Å². The molecule has 0 bridgehead atoms. The highest BCUT2D eigenvalue weighted by atomic mass is 35.5.